The standard InChI is InChI=1S/C27H40N6O5/c1-37-21-9-11-24(38-2)20(16-21)18-31-27(36)23(10-8-19-6-4-3-5-7-19)32-26(35)22(30)17-25(34)33(14-12-28)15-13-29/h3-7,9,11,16,22-23H,8,10,12-15,17-18,28-30H2,1-2H3,(H,31,36)(H,32,35). The molecule has 2 aromatic rings. The number of ether oxygens (including phenoxy) is 2. The molecule has 0 aliphatic heterocycles. The van der Waals surface area contributed by atoms with Gasteiger partial charge in [-0.15, -0.1) is 0 Å². The minimum Gasteiger partial charge on any atom is -0.497 e. The van der Waals surface area contributed by atoms with Crippen molar-refractivity contribution in [2.45, 2.75) is 37.9 Å². The molecule has 0 aliphatic carbocycles. The number of nitrogens with one attached hydrogen (secondary N) is 2. The van der Waals surface area contributed by atoms with Gasteiger partial charge in [0.2, 0.25) is 17.7 Å². The van der Waals surface area contributed by atoms with Gasteiger partial charge in [-0.25, -0.2) is 0 Å². The van der Waals surface area contributed by atoms with Crippen molar-refractivity contribution in [3.05, 3.63) is 59.7 Å². The van der Waals surface area contributed by atoms with E-state index in [0.29, 0.717) is 37.4 Å². The summed E-state index contributed by atoms with van der Waals surface area (Å²) >= 11 is 0. The number of nitrogens with zero attached hydrogens (tertiary/aromatic N) is 1. The number of carbonyl (C=O) groups is 3. The van der Waals surface area contributed by atoms with Crippen molar-refractivity contribution in [2.24, 2.45) is 17.2 Å². The molecule has 2 aromatic carbocycles. The fourth-order valence-electron chi connectivity index (χ4n) is 3.91. The van der Waals surface area contributed by atoms with E-state index in [9.17, 15) is 14.4 Å². The number of methoxy groups -OCH3 is 2. The molecule has 0 radical (unpaired) electrons. The quantitative estimate of drug-likeness (QED) is 0.201. The average molecular weight is 529 g/mol. The number of amides is 3. The maximum atomic E-state index is 13.2. The molecule has 0 spiro atoms. The first-order valence-corrected chi connectivity index (χ1v) is 12.6. The van der Waals surface area contributed by atoms with Crippen LogP contribution in [0.25, 0.3) is 0 Å². The van der Waals surface area contributed by atoms with Gasteiger partial charge in [0.15, 0.2) is 0 Å². The number of hydrogen-bond acceptors (Lipinski definition) is 8. The second kappa shape index (κ2) is 16.2. The highest BCUT2D eigenvalue weighted by Crippen LogP contribution is 2.23. The predicted molar refractivity (Wildman–Crippen MR) is 145 cm³/mol. The molecule has 2 unspecified atom stereocenters. The van der Waals surface area contributed by atoms with Crippen LogP contribution in [0, 0.1) is 0 Å². The summed E-state index contributed by atoms with van der Waals surface area (Å²) in [5.74, 6) is -0.0792. The van der Waals surface area contributed by atoms with Crippen molar-refractivity contribution < 1.29 is 23.9 Å². The topological polar surface area (TPSA) is 175 Å². The molecule has 3 amide bonds. The summed E-state index contributed by atoms with van der Waals surface area (Å²) in [6.07, 6.45) is 0.667. The summed E-state index contributed by atoms with van der Waals surface area (Å²) in [4.78, 5) is 40.2. The lowest BCUT2D eigenvalue weighted by atomic mass is 10.0. The molecular weight excluding hydrogens is 488 g/mol. The highest BCUT2D eigenvalue weighted by Gasteiger charge is 2.26. The Hall–Kier alpha value is -3.67. The number of aryl methyl sites for hydroxylation is 1. The number of benzene rings is 2. The Bertz CT molecular complexity index is 1030. The Morgan fingerprint density at radius 1 is 0.947 bits per heavy atom. The lowest BCUT2D eigenvalue weighted by Gasteiger charge is -2.24. The fraction of sp³-hybridized carbons (Fsp3) is 0.444. The summed E-state index contributed by atoms with van der Waals surface area (Å²) in [5.41, 5.74) is 18.9. The number of carbonyl (C=O) groups excluding carboxylic acids is 3. The molecule has 208 valence electrons. The van der Waals surface area contributed by atoms with Crippen LogP contribution >= 0.6 is 0 Å². The molecule has 0 saturated heterocycles. The molecule has 38 heavy (non-hydrogen) atoms. The van der Waals surface area contributed by atoms with E-state index in [-0.39, 0.29) is 37.9 Å². The smallest absolute Gasteiger partial charge is 0.242 e. The Labute approximate surface area is 224 Å². The van der Waals surface area contributed by atoms with Crippen LogP contribution in [0.4, 0.5) is 0 Å². The van der Waals surface area contributed by atoms with Crippen LogP contribution in [-0.2, 0) is 27.3 Å². The van der Waals surface area contributed by atoms with E-state index in [0.717, 1.165) is 11.1 Å². The second-order valence-corrected chi connectivity index (χ2v) is 8.75. The monoisotopic (exact) mass is 528 g/mol. The van der Waals surface area contributed by atoms with Crippen molar-refractivity contribution in [2.75, 3.05) is 40.4 Å². The van der Waals surface area contributed by atoms with Crippen LogP contribution in [0.5, 0.6) is 11.5 Å². The van der Waals surface area contributed by atoms with E-state index in [1.807, 2.05) is 30.3 Å². The molecule has 2 rings (SSSR count). The summed E-state index contributed by atoms with van der Waals surface area (Å²) in [6, 6.07) is 12.9. The molecule has 11 nitrogen and oxygen atoms in total. The van der Waals surface area contributed by atoms with Gasteiger partial charge in [-0.2, -0.15) is 0 Å². The largest absolute Gasteiger partial charge is 0.497 e. The molecule has 8 N–H and O–H groups in total. The zero-order valence-corrected chi connectivity index (χ0v) is 22.2. The van der Waals surface area contributed by atoms with Crippen molar-refractivity contribution in [3.63, 3.8) is 0 Å². The number of hydrogen-bond donors (Lipinski definition) is 5. The van der Waals surface area contributed by atoms with Gasteiger partial charge < -0.3 is 42.2 Å². The van der Waals surface area contributed by atoms with Gasteiger partial charge in [0.1, 0.15) is 17.5 Å². The second-order valence-electron chi connectivity index (χ2n) is 8.75. The maximum absolute atomic E-state index is 13.2. The molecule has 11 heteroatoms. The van der Waals surface area contributed by atoms with Crippen LogP contribution < -0.4 is 37.3 Å². The Morgan fingerprint density at radius 2 is 1.63 bits per heavy atom. The Morgan fingerprint density at radius 3 is 2.24 bits per heavy atom. The Balaban J connectivity index is 2.10. The molecule has 0 fully saturated rings. The third-order valence-electron chi connectivity index (χ3n) is 6.02. The van der Waals surface area contributed by atoms with Crippen molar-refractivity contribution in [3.8, 4) is 11.5 Å². The van der Waals surface area contributed by atoms with Crippen LogP contribution in [0.2, 0.25) is 0 Å². The van der Waals surface area contributed by atoms with E-state index < -0.39 is 18.0 Å². The first kappa shape index (κ1) is 30.6. The average Bonchev–Trinajstić information content (AvgIpc) is 2.93. The first-order chi connectivity index (χ1) is 18.3. The number of rotatable bonds is 16. The minimum atomic E-state index is -1.13. The van der Waals surface area contributed by atoms with Gasteiger partial charge in [-0.1, -0.05) is 30.3 Å². The Kier molecular flexibility index (Phi) is 13.0. The molecule has 0 aromatic heterocycles. The van der Waals surface area contributed by atoms with E-state index >= 15 is 0 Å². The van der Waals surface area contributed by atoms with Crippen molar-refractivity contribution in [1.29, 1.82) is 0 Å². The van der Waals surface area contributed by atoms with Gasteiger partial charge in [0.25, 0.3) is 0 Å². The number of nitrogens with two attached hydrogens (primary N) is 3. The summed E-state index contributed by atoms with van der Waals surface area (Å²) < 4.78 is 10.7. The highest BCUT2D eigenvalue weighted by molar-refractivity contribution is 5.92. The highest BCUT2D eigenvalue weighted by atomic mass is 16.5. The van der Waals surface area contributed by atoms with Gasteiger partial charge in [-0.3, -0.25) is 14.4 Å². The third kappa shape index (κ3) is 9.66. The van der Waals surface area contributed by atoms with E-state index in [4.69, 9.17) is 26.7 Å². The lowest BCUT2D eigenvalue weighted by molar-refractivity contribution is -0.135. The summed E-state index contributed by atoms with van der Waals surface area (Å²) in [6.45, 7) is 1.34. The van der Waals surface area contributed by atoms with Gasteiger partial charge in [0, 0.05) is 38.3 Å². The molecule has 0 aliphatic rings. The zero-order valence-electron chi connectivity index (χ0n) is 22.2. The molecule has 0 bridgehead atoms. The normalized spacial score (nSPS) is 12.2. The minimum absolute atomic E-state index is 0.161. The van der Waals surface area contributed by atoms with Crippen molar-refractivity contribution >= 4 is 17.7 Å². The van der Waals surface area contributed by atoms with Crippen LogP contribution in [-0.4, -0.2) is 75.1 Å². The van der Waals surface area contributed by atoms with E-state index in [2.05, 4.69) is 10.6 Å². The molecule has 0 saturated carbocycles. The van der Waals surface area contributed by atoms with Crippen LogP contribution in [0.15, 0.2) is 48.5 Å². The van der Waals surface area contributed by atoms with Gasteiger partial charge in [0.05, 0.1) is 26.7 Å². The van der Waals surface area contributed by atoms with Crippen LogP contribution in [0.1, 0.15) is 24.0 Å². The zero-order chi connectivity index (χ0) is 27.9. The van der Waals surface area contributed by atoms with E-state index in [1.54, 1.807) is 32.4 Å². The molecule has 0 heterocycles. The summed E-state index contributed by atoms with van der Waals surface area (Å²) in [7, 11) is 3.10. The predicted octanol–water partition coefficient (Wildman–Crippen LogP) is -0.0990. The van der Waals surface area contributed by atoms with Crippen molar-refractivity contribution in [1.82, 2.24) is 15.5 Å². The first-order valence-electron chi connectivity index (χ1n) is 12.6. The third-order valence-corrected chi connectivity index (χ3v) is 6.02. The van der Waals surface area contributed by atoms with Gasteiger partial charge in [-0.05, 0) is 36.6 Å². The summed E-state index contributed by atoms with van der Waals surface area (Å²) in [5, 5.41) is 5.60. The fourth-order valence-corrected chi connectivity index (χ4v) is 3.91. The lowest BCUT2D eigenvalue weighted by Crippen LogP contribution is -2.53. The molecular formula is C27H40N6O5. The van der Waals surface area contributed by atoms with Gasteiger partial charge >= 0.3 is 0 Å². The van der Waals surface area contributed by atoms with E-state index in [1.165, 1.54) is 4.90 Å². The maximum Gasteiger partial charge on any atom is 0.242 e. The van der Waals surface area contributed by atoms with Crippen LogP contribution in [0.3, 0.4) is 0 Å². The molecule has 2 atom stereocenters. The SMILES string of the molecule is COc1ccc(OC)c(CNC(=O)C(CCc2ccccc2)NC(=O)C(N)CC(=O)N(CCN)CCN)c1.